The van der Waals surface area contributed by atoms with E-state index in [0.717, 1.165) is 49.6 Å². The van der Waals surface area contributed by atoms with Gasteiger partial charge in [0, 0.05) is 38.6 Å². The van der Waals surface area contributed by atoms with E-state index in [1.54, 1.807) is 0 Å². The van der Waals surface area contributed by atoms with Crippen LogP contribution >= 0.6 is 0 Å². The van der Waals surface area contributed by atoms with Crippen molar-refractivity contribution < 1.29 is 9.90 Å². The van der Waals surface area contributed by atoms with Crippen molar-refractivity contribution in [2.24, 2.45) is 5.92 Å². The first-order valence-corrected chi connectivity index (χ1v) is 13.2. The van der Waals surface area contributed by atoms with Gasteiger partial charge in [0.1, 0.15) is 5.82 Å². The molecule has 37 heavy (non-hydrogen) atoms. The number of imidazole rings is 1. The third-order valence-electron chi connectivity index (χ3n) is 7.52. The number of aromatic amines is 1. The van der Waals surface area contributed by atoms with Gasteiger partial charge in [0.05, 0.1) is 23.5 Å². The Morgan fingerprint density at radius 3 is 2.11 bits per heavy atom. The molecule has 6 heteroatoms. The van der Waals surface area contributed by atoms with Crippen molar-refractivity contribution in [3.63, 3.8) is 0 Å². The van der Waals surface area contributed by atoms with Gasteiger partial charge in [0.25, 0.3) is 0 Å². The van der Waals surface area contributed by atoms with E-state index in [-0.39, 0.29) is 24.3 Å². The molecule has 2 N–H and O–H groups in total. The van der Waals surface area contributed by atoms with Crippen molar-refractivity contribution in [2.75, 3.05) is 26.2 Å². The Hall–Kier alpha value is -3.48. The molecule has 192 valence electrons. The summed E-state index contributed by atoms with van der Waals surface area (Å²) in [7, 11) is 0. The number of hydrogen-bond donors (Lipinski definition) is 2. The van der Waals surface area contributed by atoms with Gasteiger partial charge in [0.15, 0.2) is 0 Å². The van der Waals surface area contributed by atoms with E-state index >= 15 is 0 Å². The monoisotopic (exact) mass is 496 g/mol. The van der Waals surface area contributed by atoms with Crippen LogP contribution in [0.25, 0.3) is 11.0 Å². The SMILES string of the molecule is CC(C)C(CC(=O)O)c1nc2ccc(CN3CCN(C(c4ccccc4)c4ccccc4)CC3)cc2[nH]1. The maximum Gasteiger partial charge on any atom is 0.304 e. The minimum Gasteiger partial charge on any atom is -0.481 e. The van der Waals surface area contributed by atoms with Gasteiger partial charge in [-0.3, -0.25) is 14.6 Å². The van der Waals surface area contributed by atoms with Crippen LogP contribution in [-0.2, 0) is 11.3 Å². The third-order valence-corrected chi connectivity index (χ3v) is 7.52. The van der Waals surface area contributed by atoms with Crippen LogP contribution in [0, 0.1) is 5.92 Å². The van der Waals surface area contributed by atoms with Crippen LogP contribution in [0.3, 0.4) is 0 Å². The molecule has 0 radical (unpaired) electrons. The summed E-state index contributed by atoms with van der Waals surface area (Å²) in [4.78, 5) is 24.6. The van der Waals surface area contributed by atoms with E-state index in [1.165, 1.54) is 16.7 Å². The molecule has 1 atom stereocenters. The lowest BCUT2D eigenvalue weighted by molar-refractivity contribution is -0.137. The second-order valence-corrected chi connectivity index (χ2v) is 10.5. The fraction of sp³-hybridized carbons (Fsp3) is 0.355. The average Bonchev–Trinajstić information content (AvgIpc) is 3.32. The molecule has 6 nitrogen and oxygen atoms in total. The fourth-order valence-electron chi connectivity index (χ4n) is 5.51. The zero-order chi connectivity index (χ0) is 25.8. The summed E-state index contributed by atoms with van der Waals surface area (Å²) in [6.45, 7) is 9.03. The highest BCUT2D eigenvalue weighted by atomic mass is 16.4. The zero-order valence-corrected chi connectivity index (χ0v) is 21.7. The number of nitrogens with zero attached hydrogens (tertiary/aromatic N) is 3. The van der Waals surface area contributed by atoms with Crippen molar-refractivity contribution in [1.29, 1.82) is 0 Å². The van der Waals surface area contributed by atoms with E-state index in [1.807, 2.05) is 13.8 Å². The molecule has 0 spiro atoms. The highest BCUT2D eigenvalue weighted by Crippen LogP contribution is 2.30. The molecule has 3 aromatic carbocycles. The quantitative estimate of drug-likeness (QED) is 0.312. The third kappa shape index (κ3) is 5.92. The summed E-state index contributed by atoms with van der Waals surface area (Å²) in [6.07, 6.45) is 0.0849. The van der Waals surface area contributed by atoms with Gasteiger partial charge in [-0.2, -0.15) is 0 Å². The summed E-state index contributed by atoms with van der Waals surface area (Å²) in [6, 6.07) is 28.3. The molecule has 0 aliphatic carbocycles. The predicted octanol–water partition coefficient (Wildman–Crippen LogP) is 5.68. The van der Waals surface area contributed by atoms with E-state index in [2.05, 4.69) is 93.6 Å². The lowest BCUT2D eigenvalue weighted by Gasteiger charge is -2.39. The van der Waals surface area contributed by atoms with Gasteiger partial charge < -0.3 is 10.1 Å². The fourth-order valence-corrected chi connectivity index (χ4v) is 5.51. The van der Waals surface area contributed by atoms with Crippen LogP contribution in [0.4, 0.5) is 0 Å². The second kappa shape index (κ2) is 11.3. The number of carboxylic acids is 1. The summed E-state index contributed by atoms with van der Waals surface area (Å²) >= 11 is 0. The van der Waals surface area contributed by atoms with Crippen molar-refractivity contribution in [1.82, 2.24) is 19.8 Å². The number of carboxylic acid groups (broad SMARTS) is 1. The smallest absolute Gasteiger partial charge is 0.304 e. The van der Waals surface area contributed by atoms with Crippen molar-refractivity contribution in [3.8, 4) is 0 Å². The molecule has 1 aliphatic rings. The number of benzene rings is 3. The Balaban J connectivity index is 1.27. The van der Waals surface area contributed by atoms with Gasteiger partial charge in [-0.25, -0.2) is 4.98 Å². The number of nitrogens with one attached hydrogen (secondary N) is 1. The van der Waals surface area contributed by atoms with Crippen LogP contribution in [0.1, 0.15) is 54.7 Å². The molecule has 1 saturated heterocycles. The van der Waals surface area contributed by atoms with E-state index < -0.39 is 5.97 Å². The van der Waals surface area contributed by atoms with Gasteiger partial charge in [-0.15, -0.1) is 0 Å². The van der Waals surface area contributed by atoms with Gasteiger partial charge in [-0.1, -0.05) is 80.6 Å². The number of piperazine rings is 1. The summed E-state index contributed by atoms with van der Waals surface area (Å²) < 4.78 is 0. The number of aliphatic carboxylic acids is 1. The van der Waals surface area contributed by atoms with Crippen LogP contribution in [0.2, 0.25) is 0 Å². The summed E-state index contributed by atoms with van der Waals surface area (Å²) in [5.74, 6) is 0.0541. The second-order valence-electron chi connectivity index (χ2n) is 10.5. The molecule has 4 aromatic rings. The molecule has 1 aliphatic heterocycles. The number of H-pyrrole nitrogens is 1. The largest absolute Gasteiger partial charge is 0.481 e. The first kappa shape index (κ1) is 25.2. The van der Waals surface area contributed by atoms with Gasteiger partial charge in [0.2, 0.25) is 0 Å². The van der Waals surface area contributed by atoms with Crippen LogP contribution < -0.4 is 0 Å². The van der Waals surface area contributed by atoms with Crippen molar-refractivity contribution in [3.05, 3.63) is 101 Å². The molecule has 0 amide bonds. The maximum atomic E-state index is 11.4. The zero-order valence-electron chi connectivity index (χ0n) is 21.7. The molecule has 1 fully saturated rings. The molecule has 0 bridgehead atoms. The first-order valence-electron chi connectivity index (χ1n) is 13.2. The Kier molecular flexibility index (Phi) is 7.68. The van der Waals surface area contributed by atoms with Crippen molar-refractivity contribution in [2.45, 2.75) is 38.8 Å². The van der Waals surface area contributed by atoms with Crippen molar-refractivity contribution >= 4 is 17.0 Å². The summed E-state index contributed by atoms with van der Waals surface area (Å²) in [5.41, 5.74) is 5.80. The molecule has 1 aromatic heterocycles. The van der Waals surface area contributed by atoms with E-state index in [4.69, 9.17) is 4.98 Å². The molecule has 2 heterocycles. The number of rotatable bonds is 9. The normalized spacial score (nSPS) is 16.0. The average molecular weight is 497 g/mol. The molecular formula is C31H36N4O2. The molecule has 5 rings (SSSR count). The predicted molar refractivity (Wildman–Crippen MR) is 148 cm³/mol. The summed E-state index contributed by atoms with van der Waals surface area (Å²) in [5, 5.41) is 9.33. The minimum absolute atomic E-state index is 0.0849. The standard InChI is InChI=1S/C31H36N4O2/c1-22(2)26(20-29(36)37)31-32-27-14-13-23(19-28(27)33-31)21-34-15-17-35(18-16-34)30(24-9-5-3-6-10-24)25-11-7-4-8-12-25/h3-14,19,22,26,30H,15-18,20-21H2,1-2H3,(H,32,33)(H,36,37). The lowest BCUT2D eigenvalue weighted by atomic mass is 9.92. The highest BCUT2D eigenvalue weighted by molar-refractivity contribution is 5.76. The Labute approximate surface area is 219 Å². The molecule has 0 saturated carbocycles. The molecule has 1 unspecified atom stereocenters. The molecular weight excluding hydrogens is 460 g/mol. The highest BCUT2D eigenvalue weighted by Gasteiger charge is 2.27. The number of carbonyl (C=O) groups is 1. The van der Waals surface area contributed by atoms with Crippen LogP contribution in [0.15, 0.2) is 78.9 Å². The lowest BCUT2D eigenvalue weighted by Crippen LogP contribution is -2.47. The first-order chi connectivity index (χ1) is 18.0. The van der Waals surface area contributed by atoms with Gasteiger partial charge >= 0.3 is 5.97 Å². The number of fused-ring (bicyclic) bond motifs is 1. The Morgan fingerprint density at radius 1 is 0.919 bits per heavy atom. The van der Waals surface area contributed by atoms with Crippen LogP contribution in [0.5, 0.6) is 0 Å². The van der Waals surface area contributed by atoms with E-state index in [0.29, 0.717) is 0 Å². The maximum absolute atomic E-state index is 11.4. The minimum atomic E-state index is -0.791. The Morgan fingerprint density at radius 2 is 1.54 bits per heavy atom. The van der Waals surface area contributed by atoms with E-state index in [9.17, 15) is 9.90 Å². The number of aromatic nitrogens is 2. The number of hydrogen-bond acceptors (Lipinski definition) is 4. The van der Waals surface area contributed by atoms with Gasteiger partial charge in [-0.05, 0) is 34.7 Å². The van der Waals surface area contributed by atoms with Crippen LogP contribution in [-0.4, -0.2) is 57.0 Å². The topological polar surface area (TPSA) is 72.5 Å². The Bertz CT molecular complexity index is 1270.